The number of rotatable bonds is 5. The second-order valence-corrected chi connectivity index (χ2v) is 6.60. The van der Waals surface area contributed by atoms with Crippen molar-refractivity contribution in [3.05, 3.63) is 59.4 Å². The van der Waals surface area contributed by atoms with Crippen molar-refractivity contribution in [2.45, 2.75) is 31.4 Å². The van der Waals surface area contributed by atoms with Gasteiger partial charge in [-0.3, -0.25) is 4.98 Å². The van der Waals surface area contributed by atoms with Gasteiger partial charge in [0.15, 0.2) is 0 Å². The fraction of sp³-hybridized carbons (Fsp3) is 0.267. The molecule has 1 heterocycles. The van der Waals surface area contributed by atoms with Crippen LogP contribution in [0.15, 0.2) is 47.5 Å². The normalized spacial score (nSPS) is 13.1. The third-order valence-electron chi connectivity index (χ3n) is 3.22. The van der Waals surface area contributed by atoms with E-state index in [1.165, 1.54) is 12.1 Å². The van der Waals surface area contributed by atoms with Gasteiger partial charge in [-0.2, -0.15) is 0 Å². The van der Waals surface area contributed by atoms with Crippen molar-refractivity contribution < 1.29 is 13.5 Å². The number of benzene rings is 1. The number of aliphatic hydroxyl groups excluding tert-OH is 1. The molecule has 112 valence electrons. The minimum absolute atomic E-state index is 0.146. The molecule has 2 N–H and O–H groups in total. The largest absolute Gasteiger partial charge is 0.389 e. The summed E-state index contributed by atoms with van der Waals surface area (Å²) in [5.74, 6) is 0. The van der Waals surface area contributed by atoms with Crippen LogP contribution in [0, 0.1) is 6.92 Å². The van der Waals surface area contributed by atoms with Gasteiger partial charge in [0.25, 0.3) is 0 Å². The molecule has 0 fully saturated rings. The van der Waals surface area contributed by atoms with Crippen LogP contribution in [0.25, 0.3) is 0 Å². The molecule has 0 aliphatic heterocycles. The van der Waals surface area contributed by atoms with Crippen LogP contribution in [0.1, 0.15) is 29.8 Å². The number of hydrogen-bond acceptors (Lipinski definition) is 4. The second kappa shape index (κ2) is 6.34. The molecule has 0 aliphatic carbocycles. The third kappa shape index (κ3) is 3.87. The topological polar surface area (TPSA) is 79.3 Å². The first-order chi connectivity index (χ1) is 9.90. The fourth-order valence-corrected chi connectivity index (χ4v) is 2.86. The van der Waals surface area contributed by atoms with E-state index >= 15 is 0 Å². The quantitative estimate of drug-likeness (QED) is 0.884. The van der Waals surface area contributed by atoms with Crippen molar-refractivity contribution in [2.24, 2.45) is 0 Å². The van der Waals surface area contributed by atoms with E-state index in [0.29, 0.717) is 11.3 Å². The van der Waals surface area contributed by atoms with Crippen LogP contribution in [0.5, 0.6) is 0 Å². The van der Waals surface area contributed by atoms with Crippen molar-refractivity contribution in [3.63, 3.8) is 0 Å². The van der Waals surface area contributed by atoms with E-state index in [0.717, 1.165) is 5.56 Å². The first-order valence-corrected chi connectivity index (χ1v) is 8.06. The minimum Gasteiger partial charge on any atom is -0.389 e. The average Bonchev–Trinajstić information content (AvgIpc) is 2.46. The Bertz CT molecular complexity index is 710. The van der Waals surface area contributed by atoms with Crippen molar-refractivity contribution >= 4 is 10.0 Å². The molecule has 0 amide bonds. The Morgan fingerprint density at radius 2 is 1.90 bits per heavy atom. The van der Waals surface area contributed by atoms with Gasteiger partial charge in [0, 0.05) is 6.20 Å². The van der Waals surface area contributed by atoms with E-state index in [4.69, 9.17) is 0 Å². The van der Waals surface area contributed by atoms with Gasteiger partial charge in [-0.1, -0.05) is 18.2 Å². The Kier molecular flexibility index (Phi) is 4.72. The number of hydrogen-bond donors (Lipinski definition) is 2. The smallest absolute Gasteiger partial charge is 0.240 e. The zero-order valence-electron chi connectivity index (χ0n) is 11.9. The monoisotopic (exact) mass is 306 g/mol. The standard InChI is InChI=1S/C15H18N2O3S/c1-11-4-3-9-16-15(11)10-17-21(19,20)14-7-5-13(6-8-14)12(2)18/h3-9,12,17-18H,10H2,1-2H3. The number of pyridine rings is 1. The van der Waals surface area contributed by atoms with Crippen LogP contribution < -0.4 is 4.72 Å². The molecule has 21 heavy (non-hydrogen) atoms. The van der Waals surface area contributed by atoms with Crippen LogP contribution in [-0.4, -0.2) is 18.5 Å². The molecule has 0 bridgehead atoms. The lowest BCUT2D eigenvalue weighted by molar-refractivity contribution is 0.199. The second-order valence-electron chi connectivity index (χ2n) is 4.84. The van der Waals surface area contributed by atoms with Crippen LogP contribution in [0.4, 0.5) is 0 Å². The molecule has 1 atom stereocenters. The summed E-state index contributed by atoms with van der Waals surface area (Å²) >= 11 is 0. The molecule has 5 nitrogen and oxygen atoms in total. The van der Waals surface area contributed by atoms with E-state index in [-0.39, 0.29) is 11.4 Å². The number of nitrogens with one attached hydrogen (secondary N) is 1. The molecule has 1 aromatic carbocycles. The van der Waals surface area contributed by atoms with Gasteiger partial charge in [-0.25, -0.2) is 13.1 Å². The van der Waals surface area contributed by atoms with Crippen LogP contribution in [0.2, 0.25) is 0 Å². The molecule has 1 aromatic heterocycles. The maximum atomic E-state index is 12.2. The summed E-state index contributed by atoms with van der Waals surface area (Å²) < 4.78 is 26.9. The Balaban J connectivity index is 2.13. The molecule has 0 saturated carbocycles. The summed E-state index contributed by atoms with van der Waals surface area (Å²) in [5, 5.41) is 9.43. The van der Waals surface area contributed by atoms with Crippen molar-refractivity contribution in [1.82, 2.24) is 9.71 Å². The SMILES string of the molecule is Cc1cccnc1CNS(=O)(=O)c1ccc(C(C)O)cc1. The van der Waals surface area contributed by atoms with Gasteiger partial charge in [0.1, 0.15) is 0 Å². The highest BCUT2D eigenvalue weighted by atomic mass is 32.2. The Hall–Kier alpha value is -1.76. The number of aliphatic hydroxyl groups is 1. The Morgan fingerprint density at radius 3 is 2.48 bits per heavy atom. The van der Waals surface area contributed by atoms with Gasteiger partial charge in [-0.05, 0) is 43.2 Å². The van der Waals surface area contributed by atoms with E-state index in [2.05, 4.69) is 9.71 Å². The van der Waals surface area contributed by atoms with Crippen LogP contribution >= 0.6 is 0 Å². The van der Waals surface area contributed by atoms with Gasteiger partial charge < -0.3 is 5.11 Å². The Labute approximate surface area is 124 Å². The summed E-state index contributed by atoms with van der Waals surface area (Å²) in [6.07, 6.45) is 1.01. The van der Waals surface area contributed by atoms with Gasteiger partial charge >= 0.3 is 0 Å². The lowest BCUT2D eigenvalue weighted by Crippen LogP contribution is -2.24. The van der Waals surface area contributed by atoms with Crippen LogP contribution in [-0.2, 0) is 16.6 Å². The van der Waals surface area contributed by atoms with Gasteiger partial charge in [0.05, 0.1) is 23.2 Å². The van der Waals surface area contributed by atoms with E-state index < -0.39 is 16.1 Å². The summed E-state index contributed by atoms with van der Waals surface area (Å²) in [6, 6.07) is 9.86. The minimum atomic E-state index is -3.59. The van der Waals surface area contributed by atoms with Crippen LogP contribution in [0.3, 0.4) is 0 Å². The van der Waals surface area contributed by atoms with E-state index in [1.54, 1.807) is 25.3 Å². The highest BCUT2D eigenvalue weighted by Gasteiger charge is 2.14. The highest BCUT2D eigenvalue weighted by molar-refractivity contribution is 7.89. The van der Waals surface area contributed by atoms with Crippen molar-refractivity contribution in [2.75, 3.05) is 0 Å². The highest BCUT2D eigenvalue weighted by Crippen LogP contribution is 2.16. The zero-order valence-corrected chi connectivity index (χ0v) is 12.8. The van der Waals surface area contributed by atoms with E-state index in [9.17, 15) is 13.5 Å². The maximum Gasteiger partial charge on any atom is 0.240 e. The molecule has 0 spiro atoms. The fourth-order valence-electron chi connectivity index (χ4n) is 1.88. The number of nitrogens with zero attached hydrogens (tertiary/aromatic N) is 1. The zero-order chi connectivity index (χ0) is 15.5. The molecule has 2 aromatic rings. The molecular formula is C15H18N2O3S. The summed E-state index contributed by atoms with van der Waals surface area (Å²) in [7, 11) is -3.59. The van der Waals surface area contributed by atoms with Gasteiger partial charge in [0.2, 0.25) is 10.0 Å². The Morgan fingerprint density at radius 1 is 1.24 bits per heavy atom. The lowest BCUT2D eigenvalue weighted by atomic mass is 10.1. The third-order valence-corrected chi connectivity index (χ3v) is 4.64. The summed E-state index contributed by atoms with van der Waals surface area (Å²) in [6.45, 7) is 3.66. The number of aromatic nitrogens is 1. The molecule has 0 saturated heterocycles. The molecule has 0 radical (unpaired) electrons. The number of sulfonamides is 1. The predicted molar refractivity (Wildman–Crippen MR) is 80.1 cm³/mol. The molecule has 2 rings (SSSR count). The molecule has 1 unspecified atom stereocenters. The summed E-state index contributed by atoms with van der Waals surface area (Å²) in [4.78, 5) is 4.32. The average molecular weight is 306 g/mol. The predicted octanol–water partition coefficient (Wildman–Crippen LogP) is 1.92. The van der Waals surface area contributed by atoms with Crippen molar-refractivity contribution in [3.8, 4) is 0 Å². The molecule has 0 aliphatic rings. The first kappa shape index (κ1) is 15.6. The first-order valence-electron chi connectivity index (χ1n) is 6.58. The number of aryl methyl sites for hydroxylation is 1. The lowest BCUT2D eigenvalue weighted by Gasteiger charge is -2.09. The van der Waals surface area contributed by atoms with Crippen molar-refractivity contribution in [1.29, 1.82) is 0 Å². The molecule has 6 heteroatoms. The van der Waals surface area contributed by atoms with Gasteiger partial charge in [-0.15, -0.1) is 0 Å². The summed E-state index contributed by atoms with van der Waals surface area (Å²) in [5.41, 5.74) is 2.31. The molecular weight excluding hydrogens is 288 g/mol. The maximum absolute atomic E-state index is 12.2. The van der Waals surface area contributed by atoms with E-state index in [1.807, 2.05) is 19.1 Å².